The molecule has 0 atom stereocenters. The van der Waals surface area contributed by atoms with Crippen LogP contribution < -0.4 is 10.5 Å². The second kappa shape index (κ2) is 6.22. The number of anilines is 1. The first-order chi connectivity index (χ1) is 9.83. The van der Waals surface area contributed by atoms with Crippen LogP contribution in [0.15, 0.2) is 43.5 Å². The lowest BCUT2D eigenvalue weighted by molar-refractivity contribution is 0.318. The summed E-state index contributed by atoms with van der Waals surface area (Å²) < 4.78 is 27.5. The Morgan fingerprint density at radius 3 is 2.71 bits per heavy atom. The summed E-state index contributed by atoms with van der Waals surface area (Å²) in [6, 6.07) is 7.53. The molecule has 10 heteroatoms. The average Bonchev–Trinajstić information content (AvgIpc) is 2.78. The first-order valence-electron chi connectivity index (χ1n) is 5.39. The SMILES string of the molecule is N/C(=N/O)c1cccc(NS(=O)(=O)c2cc(Cl)c(Br)s2)c1. The predicted molar refractivity (Wildman–Crippen MR) is 86.8 cm³/mol. The molecule has 0 spiro atoms. The first kappa shape index (κ1) is 16.1. The number of benzene rings is 1. The van der Waals surface area contributed by atoms with Gasteiger partial charge in [-0.05, 0) is 34.1 Å². The molecule has 0 fully saturated rings. The van der Waals surface area contributed by atoms with Gasteiger partial charge in [-0.15, -0.1) is 11.3 Å². The molecular weight excluding hydrogens is 402 g/mol. The van der Waals surface area contributed by atoms with E-state index in [1.54, 1.807) is 18.2 Å². The van der Waals surface area contributed by atoms with Gasteiger partial charge in [0.1, 0.15) is 4.21 Å². The van der Waals surface area contributed by atoms with E-state index in [0.29, 0.717) is 20.1 Å². The molecule has 1 aromatic heterocycles. The molecule has 0 radical (unpaired) electrons. The number of thiophene rings is 1. The number of nitrogens with zero attached hydrogens (tertiary/aromatic N) is 1. The third-order valence-corrected chi connectivity index (χ3v) is 6.74. The number of halogens is 2. The largest absolute Gasteiger partial charge is 0.409 e. The molecule has 0 saturated carbocycles. The predicted octanol–water partition coefficient (Wildman–Crippen LogP) is 3.06. The smallest absolute Gasteiger partial charge is 0.271 e. The van der Waals surface area contributed by atoms with Gasteiger partial charge in [0.15, 0.2) is 5.84 Å². The van der Waals surface area contributed by atoms with Crippen molar-refractivity contribution in [2.24, 2.45) is 10.9 Å². The van der Waals surface area contributed by atoms with Gasteiger partial charge in [-0.3, -0.25) is 4.72 Å². The first-order valence-corrected chi connectivity index (χ1v) is 8.86. The summed E-state index contributed by atoms with van der Waals surface area (Å²) in [6.45, 7) is 0. The number of nitrogens with one attached hydrogen (secondary N) is 1. The highest BCUT2D eigenvalue weighted by molar-refractivity contribution is 9.11. The zero-order valence-electron chi connectivity index (χ0n) is 10.2. The van der Waals surface area contributed by atoms with E-state index >= 15 is 0 Å². The molecule has 2 aromatic rings. The van der Waals surface area contributed by atoms with Crippen molar-refractivity contribution in [2.45, 2.75) is 4.21 Å². The molecular formula is C11H9BrClN3O3S2. The monoisotopic (exact) mass is 409 g/mol. The van der Waals surface area contributed by atoms with E-state index in [1.807, 2.05) is 0 Å². The lowest BCUT2D eigenvalue weighted by atomic mass is 10.2. The Hall–Kier alpha value is -1.29. The maximum Gasteiger partial charge on any atom is 0.271 e. The molecule has 1 heterocycles. The van der Waals surface area contributed by atoms with E-state index in [1.165, 1.54) is 12.1 Å². The number of hydrogen-bond donors (Lipinski definition) is 3. The zero-order valence-corrected chi connectivity index (χ0v) is 14.2. The van der Waals surface area contributed by atoms with Crippen LogP contribution in [0.4, 0.5) is 5.69 Å². The minimum absolute atomic E-state index is 0.0774. The van der Waals surface area contributed by atoms with Crippen molar-refractivity contribution in [1.29, 1.82) is 0 Å². The molecule has 0 saturated heterocycles. The van der Waals surface area contributed by atoms with Crippen molar-refractivity contribution in [3.63, 3.8) is 0 Å². The maximum absolute atomic E-state index is 12.2. The summed E-state index contributed by atoms with van der Waals surface area (Å²) in [4.78, 5) is 0. The summed E-state index contributed by atoms with van der Waals surface area (Å²) >= 11 is 10.0. The van der Waals surface area contributed by atoms with Crippen LogP contribution >= 0.6 is 38.9 Å². The Bertz CT molecular complexity index is 785. The van der Waals surface area contributed by atoms with Crippen LogP contribution in [0.3, 0.4) is 0 Å². The maximum atomic E-state index is 12.2. The number of amidine groups is 1. The van der Waals surface area contributed by atoms with Gasteiger partial charge in [-0.2, -0.15) is 0 Å². The number of hydrogen-bond acceptors (Lipinski definition) is 5. The third kappa shape index (κ3) is 3.67. The fraction of sp³-hybridized carbons (Fsp3) is 0. The fourth-order valence-corrected chi connectivity index (χ4v) is 4.91. The van der Waals surface area contributed by atoms with Gasteiger partial charge >= 0.3 is 0 Å². The molecule has 0 unspecified atom stereocenters. The van der Waals surface area contributed by atoms with Gasteiger partial charge in [-0.25, -0.2) is 8.42 Å². The summed E-state index contributed by atoms with van der Waals surface area (Å²) in [5.74, 6) is -0.113. The van der Waals surface area contributed by atoms with Crippen LogP contribution in [0.5, 0.6) is 0 Å². The molecule has 0 amide bonds. The Kier molecular flexibility index (Phi) is 4.77. The standard InChI is InChI=1S/C11H9BrClN3O3S2/c12-10-8(13)5-9(20-10)21(18,19)16-7-3-1-2-6(4-7)11(14)15-17/h1-5,16-17H,(H2,14,15). The Morgan fingerprint density at radius 2 is 2.14 bits per heavy atom. The van der Waals surface area contributed by atoms with Crippen molar-refractivity contribution in [1.82, 2.24) is 0 Å². The van der Waals surface area contributed by atoms with Crippen LogP contribution in [0.25, 0.3) is 0 Å². The second-order valence-corrected chi connectivity index (χ2v) is 8.55. The van der Waals surface area contributed by atoms with Gasteiger partial charge in [0.25, 0.3) is 10.0 Å². The van der Waals surface area contributed by atoms with Crippen LogP contribution in [0, 0.1) is 0 Å². The summed E-state index contributed by atoms with van der Waals surface area (Å²) in [7, 11) is -3.75. The topological polar surface area (TPSA) is 105 Å². The van der Waals surface area contributed by atoms with Gasteiger partial charge < -0.3 is 10.9 Å². The summed E-state index contributed by atoms with van der Waals surface area (Å²) in [6.07, 6.45) is 0. The molecule has 6 nitrogen and oxygen atoms in total. The summed E-state index contributed by atoms with van der Waals surface area (Å²) in [5.41, 5.74) is 6.15. The molecule has 4 N–H and O–H groups in total. The van der Waals surface area contributed by atoms with E-state index in [-0.39, 0.29) is 10.0 Å². The van der Waals surface area contributed by atoms with E-state index in [9.17, 15) is 8.42 Å². The minimum atomic E-state index is -3.75. The number of rotatable bonds is 4. The molecule has 0 bridgehead atoms. The van der Waals surface area contributed by atoms with Crippen molar-refractivity contribution >= 4 is 60.4 Å². The Morgan fingerprint density at radius 1 is 1.43 bits per heavy atom. The molecule has 21 heavy (non-hydrogen) atoms. The van der Waals surface area contributed by atoms with E-state index in [2.05, 4.69) is 25.8 Å². The van der Waals surface area contributed by atoms with E-state index < -0.39 is 10.0 Å². The van der Waals surface area contributed by atoms with Gasteiger partial charge in [-0.1, -0.05) is 28.9 Å². The Balaban J connectivity index is 2.33. The van der Waals surface area contributed by atoms with Crippen molar-refractivity contribution in [3.8, 4) is 0 Å². The Labute approximate surface area is 138 Å². The third-order valence-electron chi connectivity index (χ3n) is 2.41. The number of oxime groups is 1. The average molecular weight is 411 g/mol. The molecule has 112 valence electrons. The van der Waals surface area contributed by atoms with Gasteiger partial charge in [0.05, 0.1) is 8.81 Å². The van der Waals surface area contributed by atoms with Gasteiger partial charge in [0.2, 0.25) is 0 Å². The van der Waals surface area contributed by atoms with Crippen molar-refractivity contribution in [3.05, 3.63) is 44.7 Å². The van der Waals surface area contributed by atoms with Crippen molar-refractivity contribution in [2.75, 3.05) is 4.72 Å². The van der Waals surface area contributed by atoms with Crippen LogP contribution in [-0.4, -0.2) is 19.5 Å². The van der Waals surface area contributed by atoms with Crippen LogP contribution in [0.2, 0.25) is 5.02 Å². The summed E-state index contributed by atoms with van der Waals surface area (Å²) in [5, 5.41) is 11.8. The van der Waals surface area contributed by atoms with Crippen LogP contribution in [0.1, 0.15) is 5.56 Å². The fourth-order valence-electron chi connectivity index (χ4n) is 1.46. The van der Waals surface area contributed by atoms with E-state index in [0.717, 1.165) is 11.3 Å². The minimum Gasteiger partial charge on any atom is -0.409 e. The number of nitrogens with two attached hydrogens (primary N) is 1. The highest BCUT2D eigenvalue weighted by Gasteiger charge is 2.19. The highest BCUT2D eigenvalue weighted by Crippen LogP contribution is 2.35. The van der Waals surface area contributed by atoms with Gasteiger partial charge in [0, 0.05) is 11.3 Å². The zero-order chi connectivity index (χ0) is 15.6. The molecule has 2 rings (SSSR count). The lowest BCUT2D eigenvalue weighted by Gasteiger charge is -2.07. The lowest BCUT2D eigenvalue weighted by Crippen LogP contribution is -2.15. The molecule has 1 aromatic carbocycles. The molecule has 0 aliphatic heterocycles. The quantitative estimate of drug-likeness (QED) is 0.312. The highest BCUT2D eigenvalue weighted by atomic mass is 79.9. The molecule has 0 aliphatic carbocycles. The van der Waals surface area contributed by atoms with E-state index in [4.69, 9.17) is 22.5 Å². The molecule has 0 aliphatic rings. The second-order valence-electron chi connectivity index (χ2n) is 3.86. The van der Waals surface area contributed by atoms with Crippen molar-refractivity contribution < 1.29 is 13.6 Å². The number of sulfonamides is 1. The normalized spacial score (nSPS) is 12.4. The van der Waals surface area contributed by atoms with Crippen LogP contribution in [-0.2, 0) is 10.0 Å².